The zero-order valence-corrected chi connectivity index (χ0v) is 14.6. The molecule has 0 fully saturated rings. The van der Waals surface area contributed by atoms with Gasteiger partial charge in [-0.25, -0.2) is 0 Å². The lowest BCUT2D eigenvalue weighted by molar-refractivity contribution is 0.102. The highest BCUT2D eigenvalue weighted by molar-refractivity contribution is 9.10. The van der Waals surface area contributed by atoms with Gasteiger partial charge < -0.3 is 9.88 Å². The molecule has 1 amide bonds. The van der Waals surface area contributed by atoms with Gasteiger partial charge in [-0.05, 0) is 53.0 Å². The number of halogens is 1. The van der Waals surface area contributed by atoms with Crippen molar-refractivity contribution in [2.45, 2.75) is 19.4 Å². The quantitative estimate of drug-likeness (QED) is 0.724. The minimum Gasteiger partial charge on any atom is -0.343 e. The second-order valence-corrected chi connectivity index (χ2v) is 6.93. The highest BCUT2D eigenvalue weighted by atomic mass is 79.9. The maximum atomic E-state index is 12.8. The summed E-state index contributed by atoms with van der Waals surface area (Å²) in [5, 5.41) is 3.42. The van der Waals surface area contributed by atoms with E-state index in [0.717, 1.165) is 22.0 Å². The summed E-state index contributed by atoms with van der Waals surface area (Å²) in [5.74, 6) is -0.387. The van der Waals surface area contributed by atoms with E-state index in [1.807, 2.05) is 34.9 Å². The van der Waals surface area contributed by atoms with Crippen LogP contribution in [-0.4, -0.2) is 10.5 Å². The molecule has 0 spiro atoms. The summed E-state index contributed by atoms with van der Waals surface area (Å²) >= 11 is 3.40. The summed E-state index contributed by atoms with van der Waals surface area (Å²) < 4.78 is 2.82. The number of rotatable bonds is 2. The van der Waals surface area contributed by atoms with Gasteiger partial charge in [0.1, 0.15) is 5.56 Å². The van der Waals surface area contributed by atoms with Crippen molar-refractivity contribution in [3.05, 3.63) is 74.5 Å². The van der Waals surface area contributed by atoms with Gasteiger partial charge in [0.15, 0.2) is 0 Å². The molecule has 4 rings (SSSR count). The van der Waals surface area contributed by atoms with Gasteiger partial charge in [-0.2, -0.15) is 0 Å². The van der Waals surface area contributed by atoms with Crippen molar-refractivity contribution < 1.29 is 4.79 Å². The number of carbonyl (C=O) groups is 1. The fraction of sp³-hybridized carbons (Fsp3) is 0.158. The molecule has 1 aliphatic heterocycles. The number of hydrogen-bond donors (Lipinski definition) is 1. The normalized spacial score (nSPS) is 15.7. The molecule has 3 aromatic rings. The zero-order chi connectivity index (χ0) is 16.8. The van der Waals surface area contributed by atoms with Crippen molar-refractivity contribution >= 4 is 38.4 Å². The number of nitrogens with zero attached hydrogens (tertiary/aromatic N) is 1. The molecule has 1 aliphatic rings. The van der Waals surface area contributed by atoms with Gasteiger partial charge in [-0.1, -0.05) is 24.3 Å². The molecule has 4 nitrogen and oxygen atoms in total. The molecule has 1 N–H and O–H groups in total. The van der Waals surface area contributed by atoms with Gasteiger partial charge in [0, 0.05) is 22.1 Å². The van der Waals surface area contributed by atoms with Gasteiger partial charge in [0.05, 0.1) is 11.2 Å². The van der Waals surface area contributed by atoms with Crippen LogP contribution < -0.4 is 10.7 Å². The maximum Gasteiger partial charge on any atom is 0.261 e. The van der Waals surface area contributed by atoms with Crippen LogP contribution in [0.2, 0.25) is 0 Å². The number of para-hydroxylation sites is 2. The Bertz CT molecular complexity index is 1040. The second-order valence-electron chi connectivity index (χ2n) is 6.08. The van der Waals surface area contributed by atoms with Crippen molar-refractivity contribution in [3.8, 4) is 0 Å². The number of benzene rings is 2. The summed E-state index contributed by atoms with van der Waals surface area (Å²) in [6.45, 7) is 2.10. The van der Waals surface area contributed by atoms with E-state index in [2.05, 4.69) is 28.2 Å². The number of amides is 1. The highest BCUT2D eigenvalue weighted by Gasteiger charge is 2.24. The summed E-state index contributed by atoms with van der Waals surface area (Å²) in [6, 6.07) is 13.3. The predicted octanol–water partition coefficient (Wildman–Crippen LogP) is 4.13. The third-order valence-corrected chi connectivity index (χ3v) is 5.18. The van der Waals surface area contributed by atoms with Crippen molar-refractivity contribution in [3.63, 3.8) is 0 Å². The molecule has 0 saturated heterocycles. The van der Waals surface area contributed by atoms with Crippen molar-refractivity contribution in [2.75, 3.05) is 5.32 Å². The largest absolute Gasteiger partial charge is 0.343 e. The molecular weight excluding hydrogens is 368 g/mol. The van der Waals surface area contributed by atoms with E-state index >= 15 is 0 Å². The van der Waals surface area contributed by atoms with Crippen LogP contribution in [0.25, 0.3) is 10.9 Å². The van der Waals surface area contributed by atoms with E-state index in [0.29, 0.717) is 11.1 Å². The Morgan fingerprint density at radius 2 is 2.00 bits per heavy atom. The van der Waals surface area contributed by atoms with Crippen LogP contribution in [-0.2, 0) is 6.42 Å². The number of hydrogen-bond acceptors (Lipinski definition) is 2. The molecule has 2 aromatic carbocycles. The van der Waals surface area contributed by atoms with E-state index in [1.54, 1.807) is 18.3 Å². The van der Waals surface area contributed by atoms with Gasteiger partial charge in [-0.3, -0.25) is 9.59 Å². The highest BCUT2D eigenvalue weighted by Crippen LogP contribution is 2.31. The van der Waals surface area contributed by atoms with E-state index in [-0.39, 0.29) is 22.9 Å². The van der Waals surface area contributed by atoms with E-state index in [1.165, 1.54) is 0 Å². The molecule has 1 atom stereocenters. The molecule has 2 heterocycles. The zero-order valence-electron chi connectivity index (χ0n) is 13.0. The lowest BCUT2D eigenvalue weighted by Gasteiger charge is -2.13. The molecule has 0 bridgehead atoms. The molecule has 0 unspecified atom stereocenters. The summed E-state index contributed by atoms with van der Waals surface area (Å²) in [4.78, 5) is 25.5. The topological polar surface area (TPSA) is 51.1 Å². The van der Waals surface area contributed by atoms with Crippen LogP contribution in [0.3, 0.4) is 0 Å². The molecule has 120 valence electrons. The fourth-order valence-electron chi connectivity index (χ4n) is 3.33. The third kappa shape index (κ3) is 2.27. The van der Waals surface area contributed by atoms with E-state index in [9.17, 15) is 9.59 Å². The number of pyridine rings is 1. The van der Waals surface area contributed by atoms with Gasteiger partial charge in [0.2, 0.25) is 5.43 Å². The molecule has 0 saturated carbocycles. The van der Waals surface area contributed by atoms with Crippen LogP contribution in [0.5, 0.6) is 0 Å². The lowest BCUT2D eigenvalue weighted by Crippen LogP contribution is -2.23. The Kier molecular flexibility index (Phi) is 3.53. The smallest absolute Gasteiger partial charge is 0.261 e. The Morgan fingerprint density at radius 3 is 2.79 bits per heavy atom. The number of nitrogens with one attached hydrogen (secondary N) is 1. The minimum atomic E-state index is -0.387. The van der Waals surface area contributed by atoms with Crippen LogP contribution in [0.4, 0.5) is 5.69 Å². The number of anilines is 1. The van der Waals surface area contributed by atoms with Crippen LogP contribution in [0, 0.1) is 0 Å². The average Bonchev–Trinajstić information content (AvgIpc) is 2.89. The lowest BCUT2D eigenvalue weighted by atomic mass is 10.1. The fourth-order valence-corrected chi connectivity index (χ4v) is 3.71. The van der Waals surface area contributed by atoms with Crippen molar-refractivity contribution in [2.24, 2.45) is 0 Å². The van der Waals surface area contributed by atoms with Crippen LogP contribution in [0.15, 0.2) is 57.9 Å². The minimum absolute atomic E-state index is 0.171. The van der Waals surface area contributed by atoms with E-state index in [4.69, 9.17) is 0 Å². The molecular formula is C19H15BrN2O2. The van der Waals surface area contributed by atoms with Crippen molar-refractivity contribution in [1.82, 2.24) is 4.57 Å². The first-order chi connectivity index (χ1) is 11.6. The first-order valence-electron chi connectivity index (χ1n) is 7.79. The number of carbonyl (C=O) groups excluding carboxylic acids is 1. The summed E-state index contributed by atoms with van der Waals surface area (Å²) in [6.07, 6.45) is 2.57. The molecule has 5 heteroatoms. The molecule has 1 aromatic heterocycles. The molecule has 24 heavy (non-hydrogen) atoms. The first kappa shape index (κ1) is 15.1. The average molecular weight is 383 g/mol. The third-order valence-electron chi connectivity index (χ3n) is 4.49. The second kappa shape index (κ2) is 5.60. The SMILES string of the molecule is C[C@@H]1Cc2cccc3c(=O)c(C(=O)Nc4ccccc4Br)cn1c23. The maximum absolute atomic E-state index is 12.8. The first-order valence-corrected chi connectivity index (χ1v) is 8.58. The summed E-state index contributed by atoms with van der Waals surface area (Å²) in [5.41, 5.74) is 2.71. The van der Waals surface area contributed by atoms with Gasteiger partial charge in [-0.15, -0.1) is 0 Å². The van der Waals surface area contributed by atoms with Gasteiger partial charge in [0.25, 0.3) is 5.91 Å². The van der Waals surface area contributed by atoms with E-state index < -0.39 is 0 Å². The van der Waals surface area contributed by atoms with Crippen LogP contribution >= 0.6 is 15.9 Å². The van der Waals surface area contributed by atoms with Crippen LogP contribution in [0.1, 0.15) is 28.9 Å². The Labute approximate surface area is 147 Å². The molecule has 0 radical (unpaired) electrons. The Balaban J connectivity index is 1.84. The Morgan fingerprint density at radius 1 is 1.21 bits per heavy atom. The monoisotopic (exact) mass is 382 g/mol. The predicted molar refractivity (Wildman–Crippen MR) is 98.7 cm³/mol. The Hall–Kier alpha value is -2.40. The number of aromatic nitrogens is 1. The molecule has 0 aliphatic carbocycles. The van der Waals surface area contributed by atoms with Crippen molar-refractivity contribution in [1.29, 1.82) is 0 Å². The van der Waals surface area contributed by atoms with Gasteiger partial charge >= 0.3 is 0 Å². The summed E-state index contributed by atoms with van der Waals surface area (Å²) in [7, 11) is 0. The standard InChI is InChI=1S/C19H15BrN2O2/c1-11-9-12-5-4-6-13-17(12)22(11)10-14(18(13)23)19(24)21-16-8-3-2-7-15(16)20/h2-8,10-11H,9H2,1H3,(H,21,24)/t11-/m1/s1.